The Morgan fingerprint density at radius 2 is 2.08 bits per heavy atom. The van der Waals surface area contributed by atoms with Crippen molar-refractivity contribution in [1.82, 2.24) is 0 Å². The molecule has 2 rings (SSSR count). The molecule has 1 aromatic rings. The van der Waals surface area contributed by atoms with Crippen LogP contribution in [0.4, 0.5) is 0 Å². The Kier molecular flexibility index (Phi) is 1.67. The molecule has 2 N–H and O–H groups in total. The Bertz CT molecular complexity index is 316. The number of benzene rings is 1. The van der Waals surface area contributed by atoms with Gasteiger partial charge in [0.05, 0.1) is 0 Å². The van der Waals surface area contributed by atoms with Crippen molar-refractivity contribution >= 4 is 11.6 Å². The predicted molar refractivity (Wildman–Crippen MR) is 51.3 cm³/mol. The van der Waals surface area contributed by atoms with E-state index in [2.05, 4.69) is 6.92 Å². The summed E-state index contributed by atoms with van der Waals surface area (Å²) < 4.78 is 0. The van der Waals surface area contributed by atoms with Crippen molar-refractivity contribution in [1.29, 1.82) is 0 Å². The third-order valence-corrected chi connectivity index (χ3v) is 2.76. The Balaban J connectivity index is 2.48. The van der Waals surface area contributed by atoms with Crippen molar-refractivity contribution in [2.75, 3.05) is 0 Å². The van der Waals surface area contributed by atoms with Crippen LogP contribution in [-0.2, 0) is 5.54 Å². The Labute approximate surface area is 77.5 Å². The van der Waals surface area contributed by atoms with E-state index in [-0.39, 0.29) is 5.54 Å². The Morgan fingerprint density at radius 3 is 2.67 bits per heavy atom. The van der Waals surface area contributed by atoms with Crippen LogP contribution in [0.1, 0.15) is 24.0 Å². The molecule has 2 heteroatoms. The van der Waals surface area contributed by atoms with Gasteiger partial charge in [-0.05, 0) is 43.0 Å². The summed E-state index contributed by atoms with van der Waals surface area (Å²) in [5.74, 6) is 0. The van der Waals surface area contributed by atoms with Crippen LogP contribution < -0.4 is 5.73 Å². The molecule has 0 saturated heterocycles. The molecule has 1 saturated carbocycles. The summed E-state index contributed by atoms with van der Waals surface area (Å²) in [6, 6.07) is 5.93. The highest BCUT2D eigenvalue weighted by Gasteiger charge is 2.40. The van der Waals surface area contributed by atoms with E-state index in [9.17, 15) is 0 Å². The highest BCUT2D eigenvalue weighted by Crippen LogP contribution is 2.44. The molecular formula is C10H12ClN. The lowest BCUT2D eigenvalue weighted by molar-refractivity contribution is 0.733. The first-order chi connectivity index (χ1) is 5.62. The van der Waals surface area contributed by atoms with Crippen LogP contribution in [-0.4, -0.2) is 0 Å². The molecule has 12 heavy (non-hydrogen) atoms. The standard InChI is InChI=1S/C10H12ClN/c1-7-2-3-8(11)6-9(7)10(12)4-5-10/h2-3,6H,4-5,12H2,1H3. The number of rotatable bonds is 1. The van der Waals surface area contributed by atoms with Gasteiger partial charge in [-0.3, -0.25) is 0 Å². The molecule has 0 aromatic heterocycles. The van der Waals surface area contributed by atoms with Gasteiger partial charge >= 0.3 is 0 Å². The minimum Gasteiger partial charge on any atom is -0.321 e. The minimum absolute atomic E-state index is 0.0605. The quantitative estimate of drug-likeness (QED) is 0.708. The van der Waals surface area contributed by atoms with Crippen LogP contribution in [0, 0.1) is 6.92 Å². The summed E-state index contributed by atoms with van der Waals surface area (Å²) in [7, 11) is 0. The molecule has 64 valence electrons. The van der Waals surface area contributed by atoms with E-state index in [0.717, 1.165) is 17.9 Å². The first-order valence-corrected chi connectivity index (χ1v) is 4.55. The van der Waals surface area contributed by atoms with Crippen molar-refractivity contribution in [2.45, 2.75) is 25.3 Å². The first-order valence-electron chi connectivity index (χ1n) is 4.17. The van der Waals surface area contributed by atoms with Crippen molar-refractivity contribution in [3.63, 3.8) is 0 Å². The van der Waals surface area contributed by atoms with E-state index in [1.165, 1.54) is 11.1 Å². The van der Waals surface area contributed by atoms with Crippen molar-refractivity contribution < 1.29 is 0 Å². The number of aryl methyl sites for hydroxylation is 1. The molecule has 0 radical (unpaired) electrons. The summed E-state index contributed by atoms with van der Waals surface area (Å²) in [5.41, 5.74) is 8.49. The van der Waals surface area contributed by atoms with Crippen molar-refractivity contribution in [3.05, 3.63) is 34.3 Å². The van der Waals surface area contributed by atoms with Crippen LogP contribution in [0.3, 0.4) is 0 Å². The molecule has 0 amide bonds. The third kappa shape index (κ3) is 1.23. The van der Waals surface area contributed by atoms with E-state index >= 15 is 0 Å². The molecule has 0 bridgehead atoms. The van der Waals surface area contributed by atoms with E-state index in [1.807, 2.05) is 18.2 Å². The Hall–Kier alpha value is -0.530. The maximum absolute atomic E-state index is 6.08. The fraction of sp³-hybridized carbons (Fsp3) is 0.400. The summed E-state index contributed by atoms with van der Waals surface area (Å²) in [6.45, 7) is 2.08. The maximum atomic E-state index is 6.08. The van der Waals surface area contributed by atoms with Gasteiger partial charge in [0.2, 0.25) is 0 Å². The maximum Gasteiger partial charge on any atom is 0.0414 e. The Morgan fingerprint density at radius 1 is 1.42 bits per heavy atom. The second kappa shape index (κ2) is 2.48. The topological polar surface area (TPSA) is 26.0 Å². The summed E-state index contributed by atoms with van der Waals surface area (Å²) in [5, 5.41) is 0.785. The summed E-state index contributed by atoms with van der Waals surface area (Å²) in [4.78, 5) is 0. The van der Waals surface area contributed by atoms with Gasteiger partial charge in [0.25, 0.3) is 0 Å². The molecule has 0 atom stereocenters. The summed E-state index contributed by atoms with van der Waals surface area (Å²) in [6.07, 6.45) is 2.18. The van der Waals surface area contributed by atoms with Crippen LogP contribution >= 0.6 is 11.6 Å². The van der Waals surface area contributed by atoms with Gasteiger partial charge in [0, 0.05) is 10.6 Å². The van der Waals surface area contributed by atoms with Crippen LogP contribution in [0.25, 0.3) is 0 Å². The second-order valence-electron chi connectivity index (χ2n) is 3.62. The van der Waals surface area contributed by atoms with Gasteiger partial charge < -0.3 is 5.73 Å². The van der Waals surface area contributed by atoms with E-state index in [1.54, 1.807) is 0 Å². The van der Waals surface area contributed by atoms with Crippen LogP contribution in [0.5, 0.6) is 0 Å². The van der Waals surface area contributed by atoms with E-state index in [4.69, 9.17) is 17.3 Å². The molecule has 1 aliphatic carbocycles. The number of halogens is 1. The monoisotopic (exact) mass is 181 g/mol. The van der Waals surface area contributed by atoms with Gasteiger partial charge in [-0.15, -0.1) is 0 Å². The average molecular weight is 182 g/mol. The van der Waals surface area contributed by atoms with Crippen molar-refractivity contribution in [3.8, 4) is 0 Å². The fourth-order valence-corrected chi connectivity index (χ4v) is 1.71. The van der Waals surface area contributed by atoms with Gasteiger partial charge in [-0.25, -0.2) is 0 Å². The molecule has 0 unspecified atom stereocenters. The average Bonchev–Trinajstić information content (AvgIpc) is 2.75. The smallest absolute Gasteiger partial charge is 0.0414 e. The number of nitrogens with two attached hydrogens (primary N) is 1. The zero-order valence-corrected chi connectivity index (χ0v) is 7.86. The van der Waals surface area contributed by atoms with Crippen molar-refractivity contribution in [2.24, 2.45) is 5.73 Å². The zero-order chi connectivity index (χ0) is 8.77. The number of hydrogen-bond donors (Lipinski definition) is 1. The molecule has 0 spiro atoms. The molecular weight excluding hydrogens is 170 g/mol. The lowest BCUT2D eigenvalue weighted by Crippen LogP contribution is -2.19. The van der Waals surface area contributed by atoms with E-state index in [0.29, 0.717) is 0 Å². The highest BCUT2D eigenvalue weighted by molar-refractivity contribution is 6.30. The fourth-order valence-electron chi connectivity index (χ4n) is 1.53. The normalized spacial score (nSPS) is 19.2. The highest BCUT2D eigenvalue weighted by atomic mass is 35.5. The molecule has 1 aliphatic rings. The molecule has 0 heterocycles. The largest absolute Gasteiger partial charge is 0.321 e. The molecule has 0 aliphatic heterocycles. The molecule has 1 aromatic carbocycles. The summed E-state index contributed by atoms with van der Waals surface area (Å²) >= 11 is 5.90. The lowest BCUT2D eigenvalue weighted by Gasteiger charge is -2.12. The second-order valence-corrected chi connectivity index (χ2v) is 4.05. The lowest BCUT2D eigenvalue weighted by atomic mass is 10.0. The molecule has 1 nitrogen and oxygen atoms in total. The predicted octanol–water partition coefficient (Wildman–Crippen LogP) is 2.60. The number of hydrogen-bond acceptors (Lipinski definition) is 1. The third-order valence-electron chi connectivity index (χ3n) is 2.52. The first kappa shape index (κ1) is 8.09. The van der Waals surface area contributed by atoms with E-state index < -0.39 is 0 Å². The van der Waals surface area contributed by atoms with Gasteiger partial charge in [-0.2, -0.15) is 0 Å². The van der Waals surface area contributed by atoms with Crippen LogP contribution in [0.15, 0.2) is 18.2 Å². The van der Waals surface area contributed by atoms with Gasteiger partial charge in [0.15, 0.2) is 0 Å². The minimum atomic E-state index is -0.0605. The van der Waals surface area contributed by atoms with Gasteiger partial charge in [0.1, 0.15) is 0 Å². The van der Waals surface area contributed by atoms with Crippen LogP contribution in [0.2, 0.25) is 5.02 Å². The molecule has 1 fully saturated rings. The van der Waals surface area contributed by atoms with Gasteiger partial charge in [-0.1, -0.05) is 17.7 Å². The zero-order valence-electron chi connectivity index (χ0n) is 7.10. The SMILES string of the molecule is Cc1ccc(Cl)cc1C1(N)CC1.